The van der Waals surface area contributed by atoms with Crippen LogP contribution in [0.3, 0.4) is 0 Å². The van der Waals surface area contributed by atoms with E-state index in [-0.39, 0.29) is 17.5 Å². The molecule has 0 saturated heterocycles. The normalized spacial score (nSPS) is 10.5. The molecule has 3 aromatic rings. The number of nitrogens with zero attached hydrogens (tertiary/aromatic N) is 1. The van der Waals surface area contributed by atoms with E-state index in [1.807, 2.05) is 24.3 Å². The van der Waals surface area contributed by atoms with Crippen molar-refractivity contribution in [1.29, 1.82) is 0 Å². The van der Waals surface area contributed by atoms with Crippen molar-refractivity contribution in [1.82, 2.24) is 4.98 Å². The molecule has 0 saturated carbocycles. The third-order valence-corrected chi connectivity index (χ3v) is 4.43. The van der Waals surface area contributed by atoms with E-state index in [9.17, 15) is 9.59 Å². The molecule has 6 nitrogen and oxygen atoms in total. The lowest BCUT2D eigenvalue weighted by Crippen LogP contribution is -2.17. The molecule has 0 atom stereocenters. The molecule has 148 valence electrons. The van der Waals surface area contributed by atoms with Gasteiger partial charge in [-0.05, 0) is 53.9 Å². The van der Waals surface area contributed by atoms with Crippen LogP contribution in [0.15, 0.2) is 66.9 Å². The van der Waals surface area contributed by atoms with Crippen LogP contribution in [-0.4, -0.2) is 23.9 Å². The highest BCUT2D eigenvalue weighted by Crippen LogP contribution is 2.24. The lowest BCUT2D eigenvalue weighted by molar-refractivity contribution is 0.102. The fourth-order valence-corrected chi connectivity index (χ4v) is 2.87. The summed E-state index contributed by atoms with van der Waals surface area (Å²) < 4.78 is 5.10. The summed E-state index contributed by atoms with van der Waals surface area (Å²) in [5.41, 5.74) is 2.93. The van der Waals surface area contributed by atoms with E-state index in [0.717, 1.165) is 11.3 Å². The van der Waals surface area contributed by atoms with Crippen molar-refractivity contribution in [3.8, 4) is 5.75 Å². The summed E-state index contributed by atoms with van der Waals surface area (Å²) in [6.07, 6.45) is 1.45. The molecular weight excluding hydrogens is 366 g/mol. The summed E-state index contributed by atoms with van der Waals surface area (Å²) >= 11 is 0. The lowest BCUT2D eigenvalue weighted by atomic mass is 10.0. The van der Waals surface area contributed by atoms with Gasteiger partial charge in [0.2, 0.25) is 0 Å². The summed E-state index contributed by atoms with van der Waals surface area (Å²) in [7, 11) is 1.58. The number of hydrogen-bond donors (Lipinski definition) is 2. The number of ether oxygens (including phenoxy) is 1. The third kappa shape index (κ3) is 4.99. The van der Waals surface area contributed by atoms with Crippen LogP contribution in [0.5, 0.6) is 5.75 Å². The number of pyridine rings is 1. The Labute approximate surface area is 169 Å². The number of anilines is 2. The number of benzene rings is 2. The summed E-state index contributed by atoms with van der Waals surface area (Å²) in [6.45, 7) is 4.14. The molecule has 0 aliphatic carbocycles. The maximum absolute atomic E-state index is 12.7. The molecule has 2 aromatic carbocycles. The molecule has 6 heteroatoms. The number of methoxy groups -OCH3 is 1. The van der Waals surface area contributed by atoms with Gasteiger partial charge >= 0.3 is 0 Å². The molecule has 1 heterocycles. The van der Waals surface area contributed by atoms with Gasteiger partial charge in [0.05, 0.1) is 7.11 Å². The van der Waals surface area contributed by atoms with Gasteiger partial charge in [-0.15, -0.1) is 0 Å². The summed E-state index contributed by atoms with van der Waals surface area (Å²) in [5, 5.41) is 5.69. The Hall–Kier alpha value is -3.67. The van der Waals surface area contributed by atoms with E-state index in [1.165, 1.54) is 12.3 Å². The average Bonchev–Trinajstić information content (AvgIpc) is 2.74. The number of carbonyl (C=O) groups is 2. The van der Waals surface area contributed by atoms with Crippen molar-refractivity contribution in [2.45, 2.75) is 19.8 Å². The Morgan fingerprint density at radius 1 is 0.931 bits per heavy atom. The minimum absolute atomic E-state index is 0.158. The summed E-state index contributed by atoms with van der Waals surface area (Å²) in [4.78, 5) is 29.3. The van der Waals surface area contributed by atoms with Crippen molar-refractivity contribution in [2.24, 2.45) is 0 Å². The number of amides is 2. The predicted octanol–water partition coefficient (Wildman–Crippen LogP) is 4.72. The van der Waals surface area contributed by atoms with Gasteiger partial charge in [0, 0.05) is 23.1 Å². The highest BCUT2D eigenvalue weighted by Gasteiger charge is 2.14. The topological polar surface area (TPSA) is 80.3 Å². The van der Waals surface area contributed by atoms with Crippen molar-refractivity contribution in [3.05, 3.63) is 83.7 Å². The first kappa shape index (κ1) is 20.1. The van der Waals surface area contributed by atoms with Crippen LogP contribution in [0.2, 0.25) is 0 Å². The van der Waals surface area contributed by atoms with Gasteiger partial charge in [-0.2, -0.15) is 0 Å². The van der Waals surface area contributed by atoms with Gasteiger partial charge in [0.25, 0.3) is 11.8 Å². The first-order valence-corrected chi connectivity index (χ1v) is 9.29. The van der Waals surface area contributed by atoms with Gasteiger partial charge in [-0.25, -0.2) is 0 Å². The van der Waals surface area contributed by atoms with Crippen molar-refractivity contribution in [3.63, 3.8) is 0 Å². The molecule has 1 aromatic heterocycles. The lowest BCUT2D eigenvalue weighted by Gasteiger charge is -2.14. The van der Waals surface area contributed by atoms with Crippen LogP contribution < -0.4 is 15.4 Å². The Morgan fingerprint density at radius 3 is 2.34 bits per heavy atom. The quantitative estimate of drug-likeness (QED) is 0.639. The zero-order chi connectivity index (χ0) is 20.8. The maximum atomic E-state index is 12.7. The number of aromatic nitrogens is 1. The monoisotopic (exact) mass is 389 g/mol. The average molecular weight is 389 g/mol. The second-order valence-corrected chi connectivity index (χ2v) is 6.81. The minimum Gasteiger partial charge on any atom is -0.497 e. The molecule has 2 amide bonds. The van der Waals surface area contributed by atoms with E-state index in [0.29, 0.717) is 17.0 Å². The Bertz CT molecular complexity index is 1010. The Balaban J connectivity index is 1.74. The second kappa shape index (κ2) is 9.01. The number of hydrogen-bond acceptors (Lipinski definition) is 4. The van der Waals surface area contributed by atoms with Crippen molar-refractivity contribution < 1.29 is 14.3 Å². The fraction of sp³-hybridized carbons (Fsp3) is 0.174. The van der Waals surface area contributed by atoms with Crippen molar-refractivity contribution in [2.75, 3.05) is 17.7 Å². The number of carbonyl (C=O) groups excluding carboxylic acids is 2. The summed E-state index contributed by atoms with van der Waals surface area (Å²) in [5.74, 6) is 0.280. The number of rotatable bonds is 6. The van der Waals surface area contributed by atoms with Gasteiger partial charge in [-0.3, -0.25) is 14.6 Å². The zero-order valence-corrected chi connectivity index (χ0v) is 16.6. The molecule has 3 rings (SSSR count). The highest BCUT2D eigenvalue weighted by atomic mass is 16.5. The summed E-state index contributed by atoms with van der Waals surface area (Å²) in [6, 6.07) is 17.7. The molecule has 0 radical (unpaired) electrons. The molecule has 0 spiro atoms. The van der Waals surface area contributed by atoms with Crippen LogP contribution in [0.4, 0.5) is 11.4 Å². The van der Waals surface area contributed by atoms with E-state index in [4.69, 9.17) is 4.74 Å². The van der Waals surface area contributed by atoms with Crippen LogP contribution >= 0.6 is 0 Å². The minimum atomic E-state index is -0.396. The fourth-order valence-electron chi connectivity index (χ4n) is 2.87. The molecule has 2 N–H and O–H groups in total. The van der Waals surface area contributed by atoms with E-state index in [2.05, 4.69) is 29.5 Å². The zero-order valence-electron chi connectivity index (χ0n) is 16.6. The van der Waals surface area contributed by atoms with Gasteiger partial charge in [0.15, 0.2) is 0 Å². The van der Waals surface area contributed by atoms with Gasteiger partial charge < -0.3 is 15.4 Å². The van der Waals surface area contributed by atoms with E-state index in [1.54, 1.807) is 37.4 Å². The van der Waals surface area contributed by atoms with Crippen LogP contribution in [0.25, 0.3) is 0 Å². The third-order valence-electron chi connectivity index (χ3n) is 4.43. The highest BCUT2D eigenvalue weighted by molar-refractivity contribution is 6.08. The van der Waals surface area contributed by atoms with Gasteiger partial charge in [0.1, 0.15) is 11.4 Å². The molecule has 0 bridgehead atoms. The van der Waals surface area contributed by atoms with E-state index < -0.39 is 5.91 Å². The second-order valence-electron chi connectivity index (χ2n) is 6.81. The largest absolute Gasteiger partial charge is 0.497 e. The molecule has 0 fully saturated rings. The predicted molar refractivity (Wildman–Crippen MR) is 114 cm³/mol. The maximum Gasteiger partial charge on any atom is 0.274 e. The molecule has 0 aliphatic rings. The smallest absolute Gasteiger partial charge is 0.274 e. The van der Waals surface area contributed by atoms with Crippen LogP contribution in [0, 0.1) is 0 Å². The number of para-hydroxylation sites is 1. The van der Waals surface area contributed by atoms with Crippen molar-refractivity contribution >= 4 is 23.2 Å². The number of nitrogens with one attached hydrogen (secondary N) is 2. The SMILES string of the molecule is COc1ccc(NC(=O)c2cc(C(=O)Nc3ccccc3C(C)C)ccn2)cc1. The van der Waals surface area contributed by atoms with Crippen LogP contribution in [0.1, 0.15) is 46.2 Å². The molecular formula is C23H23N3O3. The standard InChI is InChI=1S/C23H23N3O3/c1-15(2)19-6-4-5-7-20(19)26-22(27)16-12-13-24-21(14-16)23(28)25-17-8-10-18(29-3)11-9-17/h4-15H,1-3H3,(H,25,28)(H,26,27). The first-order valence-electron chi connectivity index (χ1n) is 9.29. The van der Waals surface area contributed by atoms with Crippen LogP contribution in [-0.2, 0) is 0 Å². The Kier molecular flexibility index (Phi) is 6.24. The first-order chi connectivity index (χ1) is 14.0. The molecule has 0 unspecified atom stereocenters. The molecule has 0 aliphatic heterocycles. The molecule has 29 heavy (non-hydrogen) atoms. The van der Waals surface area contributed by atoms with Gasteiger partial charge in [-0.1, -0.05) is 32.0 Å². The van der Waals surface area contributed by atoms with E-state index >= 15 is 0 Å². The Morgan fingerprint density at radius 2 is 1.66 bits per heavy atom.